The molecule has 1 aromatic rings. The predicted octanol–water partition coefficient (Wildman–Crippen LogP) is 1.97. The van der Waals surface area contributed by atoms with Crippen molar-refractivity contribution in [2.24, 2.45) is 0 Å². The van der Waals surface area contributed by atoms with Crippen LogP contribution in [0.4, 0.5) is 0 Å². The van der Waals surface area contributed by atoms with Gasteiger partial charge in [-0.05, 0) is 25.1 Å². The molecule has 1 heterocycles. The van der Waals surface area contributed by atoms with Gasteiger partial charge in [-0.3, -0.25) is 4.98 Å². The third kappa shape index (κ3) is 5.49. The fourth-order valence-corrected chi connectivity index (χ4v) is 2.04. The molecule has 16 heavy (non-hydrogen) atoms. The molecule has 4 heteroatoms. The van der Waals surface area contributed by atoms with Gasteiger partial charge in [0.25, 0.3) is 0 Å². The van der Waals surface area contributed by atoms with Crippen LogP contribution in [0.1, 0.15) is 12.5 Å². The molecule has 0 saturated heterocycles. The van der Waals surface area contributed by atoms with E-state index in [1.54, 1.807) is 11.8 Å². The van der Waals surface area contributed by atoms with E-state index in [1.165, 1.54) is 10.5 Å². The summed E-state index contributed by atoms with van der Waals surface area (Å²) in [6.45, 7) is 4.64. The summed E-state index contributed by atoms with van der Waals surface area (Å²) in [6.07, 6.45) is 4.88. The largest absolute Gasteiger partial charge is 0.379 e. The van der Waals surface area contributed by atoms with Crippen LogP contribution in [0.3, 0.4) is 0 Å². The molecule has 0 fully saturated rings. The summed E-state index contributed by atoms with van der Waals surface area (Å²) in [7, 11) is 1.93. The molecule has 1 aromatic heterocycles. The number of nitrogens with one attached hydrogen (secondary N) is 1. The van der Waals surface area contributed by atoms with E-state index in [1.807, 2.05) is 19.4 Å². The molecule has 0 unspecified atom stereocenters. The van der Waals surface area contributed by atoms with Crippen molar-refractivity contribution < 1.29 is 4.74 Å². The molecule has 1 rings (SSSR count). The van der Waals surface area contributed by atoms with E-state index >= 15 is 0 Å². The quantitative estimate of drug-likeness (QED) is 0.556. The molecule has 0 aromatic carbocycles. The molecule has 0 aliphatic heterocycles. The van der Waals surface area contributed by atoms with E-state index in [-0.39, 0.29) is 0 Å². The van der Waals surface area contributed by atoms with Crippen LogP contribution in [-0.2, 0) is 11.2 Å². The first-order valence-electron chi connectivity index (χ1n) is 5.66. The Labute approximate surface area is 102 Å². The average molecular weight is 240 g/mol. The van der Waals surface area contributed by atoms with Gasteiger partial charge in [-0.25, -0.2) is 0 Å². The van der Waals surface area contributed by atoms with E-state index in [4.69, 9.17) is 4.74 Å². The van der Waals surface area contributed by atoms with Gasteiger partial charge in [0, 0.05) is 29.6 Å². The Balaban J connectivity index is 2.16. The van der Waals surface area contributed by atoms with Crippen molar-refractivity contribution in [2.45, 2.75) is 18.2 Å². The summed E-state index contributed by atoms with van der Waals surface area (Å²) in [4.78, 5) is 5.45. The van der Waals surface area contributed by atoms with Gasteiger partial charge in [0.15, 0.2) is 0 Å². The fourth-order valence-electron chi connectivity index (χ4n) is 1.23. The smallest absolute Gasteiger partial charge is 0.0591 e. The van der Waals surface area contributed by atoms with Crippen molar-refractivity contribution in [2.75, 3.05) is 32.6 Å². The first kappa shape index (κ1) is 13.5. The maximum absolute atomic E-state index is 5.45. The van der Waals surface area contributed by atoms with Crippen LogP contribution in [-0.4, -0.2) is 37.5 Å². The molecular formula is C12H20N2OS. The summed E-state index contributed by atoms with van der Waals surface area (Å²) in [5.74, 6) is 0.985. The van der Waals surface area contributed by atoms with E-state index in [0.29, 0.717) is 0 Å². The van der Waals surface area contributed by atoms with Crippen molar-refractivity contribution in [3.63, 3.8) is 0 Å². The minimum absolute atomic E-state index is 0.782. The van der Waals surface area contributed by atoms with Crippen LogP contribution in [0, 0.1) is 0 Å². The molecule has 0 saturated carbocycles. The number of aryl methyl sites for hydroxylation is 1. The monoisotopic (exact) mass is 240 g/mol. The molecule has 3 nitrogen and oxygen atoms in total. The van der Waals surface area contributed by atoms with E-state index in [2.05, 4.69) is 23.3 Å². The van der Waals surface area contributed by atoms with E-state index in [0.717, 1.165) is 31.9 Å². The third-order valence-electron chi connectivity index (χ3n) is 2.17. The number of likely N-dealkylation sites (N-methyl/N-ethyl adjacent to an activating group) is 1. The lowest BCUT2D eigenvalue weighted by Crippen LogP contribution is -2.15. The first-order valence-corrected chi connectivity index (χ1v) is 6.64. The minimum atomic E-state index is 0.782. The van der Waals surface area contributed by atoms with Crippen molar-refractivity contribution in [3.8, 4) is 0 Å². The molecule has 90 valence electrons. The Morgan fingerprint density at radius 2 is 2.25 bits per heavy atom. The minimum Gasteiger partial charge on any atom is -0.379 e. The van der Waals surface area contributed by atoms with Crippen molar-refractivity contribution in [3.05, 3.63) is 24.0 Å². The second-order valence-electron chi connectivity index (χ2n) is 3.45. The van der Waals surface area contributed by atoms with Crippen LogP contribution in [0.25, 0.3) is 0 Å². The number of pyridine rings is 1. The van der Waals surface area contributed by atoms with Gasteiger partial charge in [-0.2, -0.15) is 0 Å². The number of ether oxygens (including phenoxy) is 1. The molecule has 0 aliphatic carbocycles. The Hall–Kier alpha value is -0.580. The lowest BCUT2D eigenvalue weighted by Gasteiger charge is -2.04. The molecule has 0 bridgehead atoms. The zero-order chi connectivity index (χ0) is 11.6. The normalized spacial score (nSPS) is 10.6. The summed E-state index contributed by atoms with van der Waals surface area (Å²) in [6, 6.07) is 2.20. The molecule has 0 atom stereocenters. The zero-order valence-corrected chi connectivity index (χ0v) is 10.8. The Morgan fingerprint density at radius 1 is 1.38 bits per heavy atom. The summed E-state index contributed by atoms with van der Waals surface area (Å²) in [5.41, 5.74) is 1.29. The van der Waals surface area contributed by atoms with Gasteiger partial charge in [0.1, 0.15) is 0 Å². The highest BCUT2D eigenvalue weighted by atomic mass is 32.2. The van der Waals surface area contributed by atoms with Crippen molar-refractivity contribution >= 4 is 11.8 Å². The van der Waals surface area contributed by atoms with Crippen LogP contribution in [0.15, 0.2) is 23.4 Å². The maximum atomic E-state index is 5.45. The van der Waals surface area contributed by atoms with Crippen LogP contribution in [0.5, 0.6) is 0 Å². The summed E-state index contributed by atoms with van der Waals surface area (Å²) in [5, 5.41) is 3.05. The van der Waals surface area contributed by atoms with Crippen molar-refractivity contribution in [1.82, 2.24) is 10.3 Å². The van der Waals surface area contributed by atoms with Gasteiger partial charge >= 0.3 is 0 Å². The van der Waals surface area contributed by atoms with Crippen LogP contribution < -0.4 is 5.32 Å². The van der Waals surface area contributed by atoms with Gasteiger partial charge in [-0.15, -0.1) is 11.8 Å². The summed E-state index contributed by atoms with van der Waals surface area (Å²) >= 11 is 1.80. The van der Waals surface area contributed by atoms with Crippen LogP contribution in [0.2, 0.25) is 0 Å². The standard InChI is InChI=1S/C12H20N2OS/c1-3-11-8-12(10-14-9-11)16-7-6-15-5-4-13-2/h8-10,13H,3-7H2,1-2H3. The number of nitrogens with zero attached hydrogens (tertiary/aromatic N) is 1. The Morgan fingerprint density at radius 3 is 3.00 bits per heavy atom. The first-order chi connectivity index (χ1) is 7.86. The SMILES string of the molecule is CCc1cncc(SCCOCCNC)c1. The van der Waals surface area contributed by atoms with Crippen LogP contribution >= 0.6 is 11.8 Å². The molecule has 1 N–H and O–H groups in total. The predicted molar refractivity (Wildman–Crippen MR) is 69.1 cm³/mol. The Kier molecular flexibility index (Phi) is 7.21. The topological polar surface area (TPSA) is 34.1 Å². The third-order valence-corrected chi connectivity index (χ3v) is 3.10. The fraction of sp³-hybridized carbons (Fsp3) is 0.583. The molecular weight excluding hydrogens is 220 g/mol. The highest BCUT2D eigenvalue weighted by Gasteiger charge is 1.96. The molecule has 0 amide bonds. The number of hydrogen-bond donors (Lipinski definition) is 1. The highest BCUT2D eigenvalue weighted by molar-refractivity contribution is 7.99. The van der Waals surface area contributed by atoms with Gasteiger partial charge in [0.05, 0.1) is 13.2 Å². The number of aromatic nitrogens is 1. The van der Waals surface area contributed by atoms with Gasteiger partial charge in [0.2, 0.25) is 0 Å². The number of thioether (sulfide) groups is 1. The van der Waals surface area contributed by atoms with E-state index in [9.17, 15) is 0 Å². The summed E-state index contributed by atoms with van der Waals surface area (Å²) < 4.78 is 5.45. The Bertz CT molecular complexity index is 294. The van der Waals surface area contributed by atoms with Gasteiger partial charge in [-0.1, -0.05) is 6.92 Å². The lowest BCUT2D eigenvalue weighted by atomic mass is 10.2. The average Bonchev–Trinajstić information content (AvgIpc) is 2.34. The van der Waals surface area contributed by atoms with Crippen molar-refractivity contribution in [1.29, 1.82) is 0 Å². The molecule has 0 aliphatic rings. The molecule has 0 radical (unpaired) electrons. The maximum Gasteiger partial charge on any atom is 0.0591 e. The van der Waals surface area contributed by atoms with Gasteiger partial charge < -0.3 is 10.1 Å². The zero-order valence-electron chi connectivity index (χ0n) is 10.0. The molecule has 0 spiro atoms. The second kappa shape index (κ2) is 8.56. The number of hydrogen-bond acceptors (Lipinski definition) is 4. The second-order valence-corrected chi connectivity index (χ2v) is 4.62. The lowest BCUT2D eigenvalue weighted by molar-refractivity contribution is 0.153. The number of rotatable bonds is 8. The van der Waals surface area contributed by atoms with E-state index < -0.39 is 0 Å². The highest BCUT2D eigenvalue weighted by Crippen LogP contribution is 2.17.